The van der Waals surface area contributed by atoms with Crippen LogP contribution >= 0.6 is 0 Å². The number of esters is 2. The number of ether oxygens (including phenoxy) is 2. The van der Waals surface area contributed by atoms with E-state index in [9.17, 15) is 14.7 Å². The van der Waals surface area contributed by atoms with Crippen molar-refractivity contribution in [1.82, 2.24) is 0 Å². The number of hydrogen-bond donors (Lipinski definition) is 1. The van der Waals surface area contributed by atoms with Gasteiger partial charge in [0, 0.05) is 12.8 Å². The number of hydrogen-bond acceptors (Lipinski definition) is 5. The van der Waals surface area contributed by atoms with Crippen molar-refractivity contribution < 1.29 is 24.2 Å². The topological polar surface area (TPSA) is 72.8 Å². The summed E-state index contributed by atoms with van der Waals surface area (Å²) in [4.78, 5) is 23.9. The molecule has 0 radical (unpaired) electrons. The van der Waals surface area contributed by atoms with Crippen LogP contribution in [0.4, 0.5) is 0 Å². The van der Waals surface area contributed by atoms with Gasteiger partial charge >= 0.3 is 11.9 Å². The van der Waals surface area contributed by atoms with Gasteiger partial charge < -0.3 is 14.6 Å². The maximum Gasteiger partial charge on any atom is 0.305 e. The monoisotopic (exact) mass is 667 g/mol. The molecular weight excluding hydrogens is 584 g/mol. The van der Waals surface area contributed by atoms with E-state index in [2.05, 4.69) is 20.8 Å². The highest BCUT2D eigenvalue weighted by atomic mass is 16.6. The van der Waals surface area contributed by atoms with Gasteiger partial charge in [0.2, 0.25) is 0 Å². The molecule has 5 heteroatoms. The van der Waals surface area contributed by atoms with Crippen LogP contribution in [0.5, 0.6) is 0 Å². The van der Waals surface area contributed by atoms with Gasteiger partial charge in [-0.05, 0) is 18.8 Å². The van der Waals surface area contributed by atoms with Gasteiger partial charge in [-0.15, -0.1) is 0 Å². The van der Waals surface area contributed by atoms with Crippen molar-refractivity contribution in [1.29, 1.82) is 0 Å². The molecule has 47 heavy (non-hydrogen) atoms. The first-order chi connectivity index (χ1) is 23.0. The van der Waals surface area contributed by atoms with E-state index in [0.29, 0.717) is 12.8 Å². The molecule has 0 spiro atoms. The lowest BCUT2D eigenvalue weighted by molar-refractivity contribution is -0.152. The third kappa shape index (κ3) is 39.2. The minimum atomic E-state index is -0.955. The molecule has 0 aliphatic rings. The summed E-state index contributed by atoms with van der Waals surface area (Å²) >= 11 is 0. The Kier molecular flexibility index (Phi) is 36.8. The minimum Gasteiger partial charge on any atom is -0.463 e. The molecule has 5 nitrogen and oxygen atoms in total. The summed E-state index contributed by atoms with van der Waals surface area (Å²) < 4.78 is 10.3. The Morgan fingerprint density at radius 1 is 0.426 bits per heavy atom. The third-order valence-corrected chi connectivity index (χ3v) is 9.52. The molecule has 0 aromatic rings. The second-order valence-electron chi connectivity index (χ2n) is 15.0. The molecule has 0 rings (SSSR count). The van der Waals surface area contributed by atoms with Gasteiger partial charge in [0.05, 0.1) is 0 Å². The lowest BCUT2D eigenvalue weighted by Crippen LogP contribution is -2.25. The van der Waals surface area contributed by atoms with E-state index < -0.39 is 6.10 Å². The van der Waals surface area contributed by atoms with Gasteiger partial charge in [-0.2, -0.15) is 0 Å². The van der Waals surface area contributed by atoms with E-state index in [1.807, 2.05) is 0 Å². The molecule has 280 valence electrons. The highest BCUT2D eigenvalue weighted by Gasteiger charge is 2.12. The number of unbranched alkanes of at least 4 members (excludes halogenated alkanes) is 28. The Bertz CT molecular complexity index is 649. The molecule has 0 amide bonds. The Balaban J connectivity index is 3.35. The Morgan fingerprint density at radius 2 is 0.681 bits per heavy atom. The number of aliphatic hydroxyl groups is 1. The molecule has 0 fully saturated rings. The molecule has 0 saturated heterocycles. The smallest absolute Gasteiger partial charge is 0.305 e. The standard InChI is InChI=1S/C42H82O5/c1-4-5-6-7-8-9-10-20-23-26-29-32-35-41(44)46-37-40(43)38-47-42(45)36-33-30-27-24-21-18-16-14-12-11-13-15-17-19-22-25-28-31-34-39(2)3/h39-40,43H,4-38H2,1-3H3/t40-/m0/s1. The molecule has 0 aliphatic heterocycles. The fourth-order valence-electron chi connectivity index (χ4n) is 6.33. The van der Waals surface area contributed by atoms with Crippen LogP contribution in [-0.4, -0.2) is 36.4 Å². The molecule has 0 heterocycles. The summed E-state index contributed by atoms with van der Waals surface area (Å²) in [5.74, 6) is 0.315. The van der Waals surface area contributed by atoms with Crippen LogP contribution in [0.2, 0.25) is 0 Å². The molecular formula is C42H82O5. The number of rotatable bonds is 38. The molecule has 1 N–H and O–H groups in total. The summed E-state index contributed by atoms with van der Waals surface area (Å²) in [6, 6.07) is 0. The zero-order chi connectivity index (χ0) is 34.5. The van der Waals surface area contributed by atoms with E-state index in [0.717, 1.165) is 31.6 Å². The van der Waals surface area contributed by atoms with Crippen LogP contribution in [0.25, 0.3) is 0 Å². The fourth-order valence-corrected chi connectivity index (χ4v) is 6.33. The number of carbonyl (C=O) groups excluding carboxylic acids is 2. The van der Waals surface area contributed by atoms with E-state index in [1.54, 1.807) is 0 Å². The molecule has 0 unspecified atom stereocenters. The molecule has 0 aliphatic carbocycles. The first kappa shape index (κ1) is 45.9. The van der Waals surface area contributed by atoms with Crippen LogP contribution in [-0.2, 0) is 19.1 Å². The van der Waals surface area contributed by atoms with Crippen LogP contribution in [0.15, 0.2) is 0 Å². The molecule has 0 aromatic carbocycles. The van der Waals surface area contributed by atoms with Crippen molar-refractivity contribution in [3.8, 4) is 0 Å². The predicted octanol–water partition coefficient (Wildman–Crippen LogP) is 13.0. The summed E-state index contributed by atoms with van der Waals surface area (Å²) in [5.41, 5.74) is 0. The van der Waals surface area contributed by atoms with Gasteiger partial charge in [0.25, 0.3) is 0 Å². The lowest BCUT2D eigenvalue weighted by atomic mass is 10.0. The van der Waals surface area contributed by atoms with Crippen LogP contribution in [0, 0.1) is 5.92 Å². The average Bonchev–Trinajstić information content (AvgIpc) is 3.05. The first-order valence-corrected chi connectivity index (χ1v) is 20.9. The van der Waals surface area contributed by atoms with E-state index in [4.69, 9.17) is 9.47 Å². The zero-order valence-electron chi connectivity index (χ0n) is 32.0. The van der Waals surface area contributed by atoms with Gasteiger partial charge in [-0.3, -0.25) is 9.59 Å². The van der Waals surface area contributed by atoms with Crippen molar-refractivity contribution >= 4 is 11.9 Å². The van der Waals surface area contributed by atoms with Crippen LogP contribution in [0.1, 0.15) is 233 Å². The largest absolute Gasteiger partial charge is 0.463 e. The highest BCUT2D eigenvalue weighted by Crippen LogP contribution is 2.16. The normalized spacial score (nSPS) is 12.1. The van der Waals surface area contributed by atoms with Crippen LogP contribution in [0.3, 0.4) is 0 Å². The van der Waals surface area contributed by atoms with Gasteiger partial charge in [-0.1, -0.05) is 207 Å². The van der Waals surface area contributed by atoms with Crippen molar-refractivity contribution in [2.75, 3.05) is 13.2 Å². The Morgan fingerprint density at radius 3 is 0.957 bits per heavy atom. The average molecular weight is 667 g/mol. The summed E-state index contributed by atoms with van der Waals surface area (Å²) in [6.45, 7) is 6.69. The maximum absolute atomic E-state index is 12.0. The molecule has 0 saturated carbocycles. The maximum atomic E-state index is 12.0. The summed E-state index contributed by atoms with van der Waals surface area (Å²) in [7, 11) is 0. The van der Waals surface area contributed by atoms with Crippen molar-refractivity contribution in [2.45, 2.75) is 239 Å². The zero-order valence-corrected chi connectivity index (χ0v) is 32.0. The second-order valence-corrected chi connectivity index (χ2v) is 15.0. The Labute approximate surface area is 293 Å². The van der Waals surface area contributed by atoms with E-state index in [1.165, 1.54) is 173 Å². The molecule has 0 aromatic heterocycles. The first-order valence-electron chi connectivity index (χ1n) is 20.9. The fraction of sp³-hybridized carbons (Fsp3) is 0.952. The molecule has 0 bridgehead atoms. The van der Waals surface area contributed by atoms with Gasteiger partial charge in [0.15, 0.2) is 0 Å². The highest BCUT2D eigenvalue weighted by molar-refractivity contribution is 5.69. The van der Waals surface area contributed by atoms with Crippen molar-refractivity contribution in [3.63, 3.8) is 0 Å². The number of carbonyl (C=O) groups is 2. The lowest BCUT2D eigenvalue weighted by Gasteiger charge is -2.12. The van der Waals surface area contributed by atoms with Gasteiger partial charge in [0.1, 0.15) is 19.3 Å². The predicted molar refractivity (Wildman–Crippen MR) is 201 cm³/mol. The minimum absolute atomic E-state index is 0.108. The summed E-state index contributed by atoms with van der Waals surface area (Å²) in [6.07, 6.45) is 40.2. The van der Waals surface area contributed by atoms with Crippen LogP contribution < -0.4 is 0 Å². The van der Waals surface area contributed by atoms with Gasteiger partial charge in [-0.25, -0.2) is 0 Å². The second kappa shape index (κ2) is 37.7. The third-order valence-electron chi connectivity index (χ3n) is 9.52. The van der Waals surface area contributed by atoms with Crippen molar-refractivity contribution in [3.05, 3.63) is 0 Å². The van der Waals surface area contributed by atoms with Crippen molar-refractivity contribution in [2.24, 2.45) is 5.92 Å². The summed E-state index contributed by atoms with van der Waals surface area (Å²) in [5, 5.41) is 10.0. The Hall–Kier alpha value is -1.10. The molecule has 1 atom stereocenters. The van der Waals surface area contributed by atoms with E-state index in [-0.39, 0.29) is 25.2 Å². The number of aliphatic hydroxyl groups excluding tert-OH is 1. The quantitative estimate of drug-likeness (QED) is 0.0524. The van der Waals surface area contributed by atoms with E-state index >= 15 is 0 Å². The SMILES string of the molecule is CCCCCCCCCCCCCCC(=O)OC[C@H](O)COC(=O)CCCCCCCCCCCCCCCCCCCCC(C)C.